The monoisotopic (exact) mass is 274 g/mol. The summed E-state index contributed by atoms with van der Waals surface area (Å²) >= 11 is 0. The van der Waals surface area contributed by atoms with Gasteiger partial charge in [0.25, 0.3) is 0 Å². The molecule has 2 fully saturated rings. The molecule has 0 radical (unpaired) electrons. The fourth-order valence-electron chi connectivity index (χ4n) is 4.15. The summed E-state index contributed by atoms with van der Waals surface area (Å²) in [6.07, 6.45) is 5.45. The highest BCUT2D eigenvalue weighted by Crippen LogP contribution is 2.42. The number of hydrogen-bond acceptors (Lipinski definition) is 3. The molecule has 0 spiro atoms. The van der Waals surface area contributed by atoms with E-state index in [1.54, 1.807) is 0 Å². The van der Waals surface area contributed by atoms with Gasteiger partial charge in [0.2, 0.25) is 0 Å². The molecule has 0 saturated carbocycles. The topological polar surface area (TPSA) is 38.7 Å². The van der Waals surface area contributed by atoms with Gasteiger partial charge in [-0.1, -0.05) is 24.3 Å². The van der Waals surface area contributed by atoms with E-state index < -0.39 is 0 Å². The molecule has 2 saturated heterocycles. The molecule has 2 bridgehead atoms. The summed E-state index contributed by atoms with van der Waals surface area (Å²) in [4.78, 5) is 0. The average molecular weight is 274 g/mol. The summed E-state index contributed by atoms with van der Waals surface area (Å²) in [5.74, 6) is 0.312. The van der Waals surface area contributed by atoms with Gasteiger partial charge in [0.05, 0.1) is 31.0 Å². The van der Waals surface area contributed by atoms with Gasteiger partial charge in [-0.15, -0.1) is 0 Å². The average Bonchev–Trinajstić information content (AvgIpc) is 3.10. The van der Waals surface area contributed by atoms with Crippen LogP contribution < -0.4 is 0 Å². The van der Waals surface area contributed by atoms with E-state index in [1.807, 2.05) is 0 Å². The molecule has 3 aliphatic rings. The maximum absolute atomic E-state index is 10.6. The Morgan fingerprint density at radius 1 is 1.25 bits per heavy atom. The highest BCUT2D eigenvalue weighted by Gasteiger charge is 2.44. The Morgan fingerprint density at radius 2 is 2.15 bits per heavy atom. The third-order valence-electron chi connectivity index (χ3n) is 5.20. The summed E-state index contributed by atoms with van der Waals surface area (Å²) in [6, 6.07) is 8.47. The molecule has 0 amide bonds. The molecule has 5 atom stereocenters. The molecule has 0 aliphatic carbocycles. The fraction of sp³-hybridized carbons (Fsp3) is 0.647. The molecular formula is C17H22O3. The van der Waals surface area contributed by atoms with Crippen LogP contribution in [0.3, 0.4) is 0 Å². The number of fused-ring (bicyclic) bond motifs is 3. The van der Waals surface area contributed by atoms with Gasteiger partial charge in [-0.05, 0) is 36.8 Å². The number of hydrogen-bond donors (Lipinski definition) is 1. The highest BCUT2D eigenvalue weighted by atomic mass is 16.5. The third-order valence-corrected chi connectivity index (χ3v) is 5.20. The van der Waals surface area contributed by atoms with Crippen molar-refractivity contribution in [2.24, 2.45) is 5.92 Å². The zero-order chi connectivity index (χ0) is 13.5. The van der Waals surface area contributed by atoms with Crippen LogP contribution in [0, 0.1) is 5.92 Å². The van der Waals surface area contributed by atoms with Crippen molar-refractivity contribution in [2.75, 3.05) is 6.61 Å². The second-order valence-corrected chi connectivity index (χ2v) is 6.38. The lowest BCUT2D eigenvalue weighted by Gasteiger charge is -2.31. The molecular weight excluding hydrogens is 252 g/mol. The standard InChI is InChI=1S/C17H22O3/c18-15(14-9-12-5-6-16(14)20-12)10-17-13-4-2-1-3-11(13)7-8-19-17/h1-4,12,14-18H,5-10H2. The number of rotatable bonds is 3. The zero-order valence-electron chi connectivity index (χ0n) is 11.7. The van der Waals surface area contributed by atoms with E-state index in [0.717, 1.165) is 25.9 Å². The Kier molecular flexibility index (Phi) is 3.29. The summed E-state index contributed by atoms with van der Waals surface area (Å²) in [7, 11) is 0. The van der Waals surface area contributed by atoms with E-state index >= 15 is 0 Å². The largest absolute Gasteiger partial charge is 0.393 e. The SMILES string of the molecule is OC(CC1OCCc2ccccc21)C1CC2CCC1O2. The summed E-state index contributed by atoms with van der Waals surface area (Å²) in [5, 5.41) is 10.6. The van der Waals surface area contributed by atoms with Crippen LogP contribution >= 0.6 is 0 Å². The van der Waals surface area contributed by atoms with Crippen molar-refractivity contribution in [2.45, 2.75) is 56.5 Å². The molecule has 0 aromatic heterocycles. The first kappa shape index (κ1) is 12.8. The molecule has 3 aliphatic heterocycles. The van der Waals surface area contributed by atoms with Crippen LogP contribution in [-0.4, -0.2) is 30.0 Å². The summed E-state index contributed by atoms with van der Waals surface area (Å²) in [6.45, 7) is 0.765. The van der Waals surface area contributed by atoms with Crippen LogP contribution in [0.2, 0.25) is 0 Å². The van der Waals surface area contributed by atoms with Gasteiger partial charge in [0.1, 0.15) is 0 Å². The van der Waals surface area contributed by atoms with Crippen molar-refractivity contribution in [3.8, 4) is 0 Å². The van der Waals surface area contributed by atoms with Gasteiger partial charge in [0.15, 0.2) is 0 Å². The van der Waals surface area contributed by atoms with Crippen LogP contribution in [0.4, 0.5) is 0 Å². The molecule has 4 rings (SSSR count). The zero-order valence-corrected chi connectivity index (χ0v) is 11.7. The van der Waals surface area contributed by atoms with Gasteiger partial charge in [-0.2, -0.15) is 0 Å². The van der Waals surface area contributed by atoms with Crippen molar-refractivity contribution in [1.82, 2.24) is 0 Å². The maximum Gasteiger partial charge on any atom is 0.0852 e. The third kappa shape index (κ3) is 2.18. The first-order valence-corrected chi connectivity index (χ1v) is 7.84. The summed E-state index contributed by atoms with van der Waals surface area (Å²) < 4.78 is 11.8. The maximum atomic E-state index is 10.6. The Hall–Kier alpha value is -0.900. The second kappa shape index (κ2) is 5.14. The number of aliphatic hydroxyl groups excluding tert-OH is 1. The Labute approximate surface area is 119 Å². The van der Waals surface area contributed by atoms with Gasteiger partial charge in [0, 0.05) is 12.3 Å². The molecule has 3 nitrogen and oxygen atoms in total. The van der Waals surface area contributed by atoms with Crippen LogP contribution in [0.15, 0.2) is 24.3 Å². The molecule has 1 aromatic rings. The molecule has 3 heterocycles. The van der Waals surface area contributed by atoms with Crippen molar-refractivity contribution in [3.63, 3.8) is 0 Å². The first-order valence-electron chi connectivity index (χ1n) is 7.84. The molecule has 1 N–H and O–H groups in total. The quantitative estimate of drug-likeness (QED) is 0.921. The molecule has 3 heteroatoms. The predicted octanol–water partition coefficient (Wildman–Crippen LogP) is 2.62. The molecule has 108 valence electrons. The van der Waals surface area contributed by atoms with E-state index in [2.05, 4.69) is 24.3 Å². The minimum absolute atomic E-state index is 0.0501. The van der Waals surface area contributed by atoms with E-state index in [4.69, 9.17) is 9.47 Å². The van der Waals surface area contributed by atoms with Gasteiger partial charge >= 0.3 is 0 Å². The normalized spacial score (nSPS) is 36.9. The molecule has 20 heavy (non-hydrogen) atoms. The van der Waals surface area contributed by atoms with Crippen LogP contribution in [0.25, 0.3) is 0 Å². The smallest absolute Gasteiger partial charge is 0.0852 e. The van der Waals surface area contributed by atoms with Crippen molar-refractivity contribution in [1.29, 1.82) is 0 Å². The van der Waals surface area contributed by atoms with Crippen LogP contribution in [-0.2, 0) is 15.9 Å². The number of benzene rings is 1. The second-order valence-electron chi connectivity index (χ2n) is 6.38. The first-order chi connectivity index (χ1) is 9.81. The highest BCUT2D eigenvalue weighted by molar-refractivity contribution is 5.31. The van der Waals surface area contributed by atoms with Gasteiger partial charge < -0.3 is 14.6 Å². The molecule has 5 unspecified atom stereocenters. The molecule has 1 aromatic carbocycles. The van der Waals surface area contributed by atoms with Crippen molar-refractivity contribution < 1.29 is 14.6 Å². The van der Waals surface area contributed by atoms with Crippen molar-refractivity contribution in [3.05, 3.63) is 35.4 Å². The Balaban J connectivity index is 1.47. The van der Waals surface area contributed by atoms with E-state index in [9.17, 15) is 5.11 Å². The lowest BCUT2D eigenvalue weighted by Crippen LogP contribution is -2.32. The minimum atomic E-state index is -0.304. The van der Waals surface area contributed by atoms with Crippen LogP contribution in [0.1, 0.15) is 42.9 Å². The van der Waals surface area contributed by atoms with Gasteiger partial charge in [-0.3, -0.25) is 0 Å². The Bertz CT molecular complexity index is 487. The van der Waals surface area contributed by atoms with E-state index in [1.165, 1.54) is 17.5 Å². The predicted molar refractivity (Wildman–Crippen MR) is 75.5 cm³/mol. The minimum Gasteiger partial charge on any atom is -0.393 e. The van der Waals surface area contributed by atoms with Crippen molar-refractivity contribution >= 4 is 0 Å². The lowest BCUT2D eigenvalue weighted by molar-refractivity contribution is -0.0237. The van der Waals surface area contributed by atoms with E-state index in [-0.39, 0.29) is 18.3 Å². The summed E-state index contributed by atoms with van der Waals surface area (Å²) in [5.41, 5.74) is 2.64. The number of ether oxygens (including phenoxy) is 2. The lowest BCUT2D eigenvalue weighted by atomic mass is 9.82. The number of aliphatic hydroxyl groups is 1. The van der Waals surface area contributed by atoms with Gasteiger partial charge in [-0.25, -0.2) is 0 Å². The van der Waals surface area contributed by atoms with E-state index in [0.29, 0.717) is 18.4 Å². The Morgan fingerprint density at radius 3 is 2.95 bits per heavy atom. The van der Waals surface area contributed by atoms with Crippen LogP contribution in [0.5, 0.6) is 0 Å². The fourth-order valence-corrected chi connectivity index (χ4v) is 4.15.